The average molecular weight is 405 g/mol. The zero-order valence-corrected chi connectivity index (χ0v) is 17.9. The van der Waals surface area contributed by atoms with E-state index in [9.17, 15) is 4.79 Å². The Balaban J connectivity index is 1.54. The third kappa shape index (κ3) is 6.60. The molecule has 2 aromatic rings. The van der Waals surface area contributed by atoms with Crippen LogP contribution in [0.1, 0.15) is 50.2 Å². The summed E-state index contributed by atoms with van der Waals surface area (Å²) in [5.41, 5.74) is 3.84. The van der Waals surface area contributed by atoms with Gasteiger partial charge in [-0.15, -0.1) is 0 Å². The number of nitriles is 1. The van der Waals surface area contributed by atoms with Crippen LogP contribution in [0.5, 0.6) is 0 Å². The van der Waals surface area contributed by atoms with Gasteiger partial charge in [0.2, 0.25) is 5.91 Å². The lowest BCUT2D eigenvalue weighted by Crippen LogP contribution is -2.33. The third-order valence-electron chi connectivity index (χ3n) is 5.52. The number of nitrogens with one attached hydrogen (secondary N) is 1. The molecule has 1 amide bonds. The second-order valence-corrected chi connectivity index (χ2v) is 8.02. The molecular formula is C25H32N4O. The van der Waals surface area contributed by atoms with Gasteiger partial charge in [-0.05, 0) is 67.8 Å². The summed E-state index contributed by atoms with van der Waals surface area (Å²) in [4.78, 5) is 17.2. The van der Waals surface area contributed by atoms with Crippen molar-refractivity contribution in [3.63, 3.8) is 0 Å². The van der Waals surface area contributed by atoms with Crippen molar-refractivity contribution in [2.24, 2.45) is 0 Å². The van der Waals surface area contributed by atoms with Gasteiger partial charge in [0.05, 0.1) is 18.2 Å². The van der Waals surface area contributed by atoms with E-state index in [1.54, 1.807) is 0 Å². The molecule has 2 aromatic carbocycles. The Bertz CT molecular complexity index is 831. The van der Waals surface area contributed by atoms with E-state index < -0.39 is 0 Å². The van der Waals surface area contributed by atoms with Crippen LogP contribution in [0, 0.1) is 11.3 Å². The molecule has 1 fully saturated rings. The van der Waals surface area contributed by atoms with Crippen molar-refractivity contribution < 1.29 is 4.79 Å². The highest BCUT2D eigenvalue weighted by molar-refractivity contribution is 5.92. The van der Waals surface area contributed by atoms with Crippen LogP contribution in [-0.2, 0) is 11.3 Å². The molecule has 0 saturated carbocycles. The first kappa shape index (κ1) is 21.9. The van der Waals surface area contributed by atoms with Crippen LogP contribution >= 0.6 is 0 Å². The maximum Gasteiger partial charge on any atom is 0.238 e. The molecule has 0 bridgehead atoms. The highest BCUT2D eigenvalue weighted by Gasteiger charge is 2.13. The first-order valence-electron chi connectivity index (χ1n) is 11.0. The molecule has 0 spiro atoms. The normalized spacial score (nSPS) is 14.2. The molecule has 1 aliphatic heterocycles. The van der Waals surface area contributed by atoms with Gasteiger partial charge in [0, 0.05) is 31.0 Å². The molecule has 1 saturated heterocycles. The first-order valence-corrected chi connectivity index (χ1v) is 11.0. The fourth-order valence-corrected chi connectivity index (χ4v) is 3.96. The van der Waals surface area contributed by atoms with Crippen molar-refractivity contribution in [2.45, 2.75) is 45.6 Å². The average Bonchev–Trinajstić information content (AvgIpc) is 3.04. The monoisotopic (exact) mass is 404 g/mol. The largest absolute Gasteiger partial charge is 0.372 e. The number of anilines is 2. The van der Waals surface area contributed by atoms with Gasteiger partial charge in [-0.3, -0.25) is 9.69 Å². The van der Waals surface area contributed by atoms with Gasteiger partial charge in [0.15, 0.2) is 0 Å². The van der Waals surface area contributed by atoms with Gasteiger partial charge in [0.25, 0.3) is 0 Å². The number of carbonyl (C=O) groups is 1. The Morgan fingerprint density at radius 2 is 1.70 bits per heavy atom. The maximum atomic E-state index is 12.6. The Morgan fingerprint density at radius 3 is 2.30 bits per heavy atom. The summed E-state index contributed by atoms with van der Waals surface area (Å²) in [7, 11) is 0. The number of nitrogens with zero attached hydrogens (tertiary/aromatic N) is 3. The van der Waals surface area contributed by atoms with E-state index in [0.717, 1.165) is 37.3 Å². The molecule has 0 atom stereocenters. The van der Waals surface area contributed by atoms with Crippen LogP contribution in [0.4, 0.5) is 11.4 Å². The van der Waals surface area contributed by atoms with E-state index in [1.807, 2.05) is 36.4 Å². The molecule has 0 unspecified atom stereocenters. The molecule has 5 nitrogen and oxygen atoms in total. The topological polar surface area (TPSA) is 59.4 Å². The predicted molar refractivity (Wildman–Crippen MR) is 122 cm³/mol. The summed E-state index contributed by atoms with van der Waals surface area (Å²) in [5, 5.41) is 12.0. The lowest BCUT2D eigenvalue weighted by atomic mass is 10.1. The number of hydrogen-bond donors (Lipinski definition) is 1. The molecule has 158 valence electrons. The molecule has 1 N–H and O–H groups in total. The molecule has 5 heteroatoms. The van der Waals surface area contributed by atoms with E-state index in [4.69, 9.17) is 5.26 Å². The lowest BCUT2D eigenvalue weighted by molar-refractivity contribution is -0.117. The Kier molecular flexibility index (Phi) is 8.29. The van der Waals surface area contributed by atoms with Crippen molar-refractivity contribution in [3.05, 3.63) is 59.7 Å². The molecular weight excluding hydrogens is 372 g/mol. The minimum atomic E-state index is -0.000354. The fourth-order valence-electron chi connectivity index (χ4n) is 3.96. The zero-order valence-electron chi connectivity index (χ0n) is 17.9. The minimum absolute atomic E-state index is 0.000354. The van der Waals surface area contributed by atoms with Crippen LogP contribution in [0.25, 0.3) is 0 Å². The van der Waals surface area contributed by atoms with Gasteiger partial charge >= 0.3 is 0 Å². The minimum Gasteiger partial charge on any atom is -0.372 e. The van der Waals surface area contributed by atoms with Crippen LogP contribution < -0.4 is 10.2 Å². The number of hydrogen-bond acceptors (Lipinski definition) is 4. The Labute approximate surface area is 180 Å². The van der Waals surface area contributed by atoms with Crippen LogP contribution in [0.3, 0.4) is 0 Å². The van der Waals surface area contributed by atoms with Crippen molar-refractivity contribution in [1.82, 2.24) is 4.90 Å². The van der Waals surface area contributed by atoms with Gasteiger partial charge in [-0.1, -0.05) is 31.9 Å². The quantitative estimate of drug-likeness (QED) is 0.687. The SMILES string of the molecule is CCCN(CC(=O)Nc1ccc(N2CCCCCC2)cc1)Cc1ccc(C#N)cc1. The lowest BCUT2D eigenvalue weighted by Gasteiger charge is -2.23. The van der Waals surface area contributed by atoms with Gasteiger partial charge in [-0.2, -0.15) is 5.26 Å². The van der Waals surface area contributed by atoms with Crippen LogP contribution in [-0.4, -0.2) is 37.0 Å². The molecule has 1 aliphatic rings. The number of rotatable bonds is 8. The predicted octanol–water partition coefficient (Wildman–Crippen LogP) is 4.79. The Hall–Kier alpha value is -2.84. The van der Waals surface area contributed by atoms with Crippen LogP contribution in [0.15, 0.2) is 48.5 Å². The fraction of sp³-hybridized carbons (Fsp3) is 0.440. The van der Waals surface area contributed by atoms with Crippen LogP contribution in [0.2, 0.25) is 0 Å². The first-order chi connectivity index (χ1) is 14.7. The smallest absolute Gasteiger partial charge is 0.238 e. The maximum absolute atomic E-state index is 12.6. The Morgan fingerprint density at radius 1 is 1.03 bits per heavy atom. The van der Waals surface area contributed by atoms with E-state index in [-0.39, 0.29) is 5.91 Å². The number of benzene rings is 2. The van der Waals surface area contributed by atoms with E-state index in [0.29, 0.717) is 18.7 Å². The van der Waals surface area contributed by atoms with Gasteiger partial charge in [-0.25, -0.2) is 0 Å². The summed E-state index contributed by atoms with van der Waals surface area (Å²) >= 11 is 0. The standard InChI is InChI=1S/C25H32N4O/c1-2-15-28(19-22-9-7-21(18-26)8-10-22)20-25(30)27-23-11-13-24(14-12-23)29-16-5-3-4-6-17-29/h7-14H,2-6,15-17,19-20H2,1H3,(H,27,30). The second-order valence-electron chi connectivity index (χ2n) is 8.02. The van der Waals surface area contributed by atoms with Crippen molar-refractivity contribution in [2.75, 3.05) is 36.4 Å². The second kappa shape index (κ2) is 11.4. The zero-order chi connectivity index (χ0) is 21.2. The molecule has 30 heavy (non-hydrogen) atoms. The highest BCUT2D eigenvalue weighted by atomic mass is 16.2. The van der Waals surface area contributed by atoms with Crippen molar-refractivity contribution >= 4 is 17.3 Å². The van der Waals surface area contributed by atoms with E-state index >= 15 is 0 Å². The summed E-state index contributed by atoms with van der Waals surface area (Å²) in [6.45, 7) is 6.25. The summed E-state index contributed by atoms with van der Waals surface area (Å²) in [6, 6.07) is 17.9. The van der Waals surface area contributed by atoms with Crippen molar-refractivity contribution in [1.29, 1.82) is 5.26 Å². The summed E-state index contributed by atoms with van der Waals surface area (Å²) in [5.74, 6) is -0.000354. The molecule has 1 heterocycles. The van der Waals surface area contributed by atoms with Gasteiger partial charge in [0.1, 0.15) is 0 Å². The molecule has 0 aromatic heterocycles. The summed E-state index contributed by atoms with van der Waals surface area (Å²) in [6.07, 6.45) is 6.13. The van der Waals surface area contributed by atoms with Crippen molar-refractivity contribution in [3.8, 4) is 6.07 Å². The number of amides is 1. The highest BCUT2D eigenvalue weighted by Crippen LogP contribution is 2.21. The molecule has 3 rings (SSSR count). The molecule has 0 aliphatic carbocycles. The van der Waals surface area contributed by atoms with E-state index in [2.05, 4.69) is 40.2 Å². The molecule has 0 radical (unpaired) electrons. The third-order valence-corrected chi connectivity index (χ3v) is 5.52. The van der Waals surface area contributed by atoms with Gasteiger partial charge < -0.3 is 10.2 Å². The number of carbonyl (C=O) groups excluding carboxylic acids is 1. The summed E-state index contributed by atoms with van der Waals surface area (Å²) < 4.78 is 0. The van der Waals surface area contributed by atoms with E-state index in [1.165, 1.54) is 31.4 Å².